The summed E-state index contributed by atoms with van der Waals surface area (Å²) < 4.78 is 26.5. The Balaban J connectivity index is 1.93. The van der Waals surface area contributed by atoms with Crippen LogP contribution in [0, 0.1) is 0 Å². The lowest BCUT2D eigenvalue weighted by molar-refractivity contribution is 0.580. The summed E-state index contributed by atoms with van der Waals surface area (Å²) in [4.78, 5) is 0. The van der Waals surface area contributed by atoms with E-state index in [0.717, 1.165) is 11.1 Å². The van der Waals surface area contributed by atoms with Crippen molar-refractivity contribution in [3.05, 3.63) is 71.8 Å². The molecule has 2 rings (SSSR count). The van der Waals surface area contributed by atoms with E-state index < -0.39 is 10.0 Å². The number of benzene rings is 2. The molecule has 5 heteroatoms. The van der Waals surface area contributed by atoms with Crippen molar-refractivity contribution in [3.8, 4) is 0 Å². The second-order valence-electron chi connectivity index (χ2n) is 4.47. The molecule has 0 aromatic heterocycles. The van der Waals surface area contributed by atoms with Gasteiger partial charge in [0.15, 0.2) is 0 Å². The van der Waals surface area contributed by atoms with E-state index in [0.29, 0.717) is 0 Å². The van der Waals surface area contributed by atoms with Crippen molar-refractivity contribution >= 4 is 21.6 Å². The van der Waals surface area contributed by atoms with E-state index in [1.807, 2.05) is 48.5 Å². The van der Waals surface area contributed by atoms with Crippen molar-refractivity contribution in [1.82, 2.24) is 4.72 Å². The van der Waals surface area contributed by atoms with Crippen molar-refractivity contribution in [2.45, 2.75) is 11.1 Å². The molecule has 0 aliphatic rings. The smallest absolute Gasteiger partial charge is 0.213 e. The number of hydrogen-bond donors (Lipinski definition) is 1. The van der Waals surface area contributed by atoms with Crippen LogP contribution in [0.3, 0.4) is 0 Å². The Hall–Kier alpha value is -1.36. The van der Waals surface area contributed by atoms with Gasteiger partial charge in [-0.3, -0.25) is 0 Å². The van der Waals surface area contributed by atoms with Crippen LogP contribution in [-0.2, 0) is 15.8 Å². The third-order valence-electron chi connectivity index (χ3n) is 2.84. The lowest BCUT2D eigenvalue weighted by Crippen LogP contribution is -2.28. The monoisotopic (exact) mass is 309 g/mol. The average Bonchev–Trinajstić information content (AvgIpc) is 2.46. The predicted molar refractivity (Wildman–Crippen MR) is 82.1 cm³/mol. The summed E-state index contributed by atoms with van der Waals surface area (Å²) in [5, 5.41) is -0.373. The fourth-order valence-electron chi connectivity index (χ4n) is 1.82. The molecule has 1 atom stereocenters. The van der Waals surface area contributed by atoms with Gasteiger partial charge in [0.25, 0.3) is 0 Å². The molecule has 3 nitrogen and oxygen atoms in total. The van der Waals surface area contributed by atoms with Crippen molar-refractivity contribution in [2.24, 2.45) is 0 Å². The van der Waals surface area contributed by atoms with E-state index in [-0.39, 0.29) is 17.7 Å². The van der Waals surface area contributed by atoms with Gasteiger partial charge < -0.3 is 0 Å². The third-order valence-corrected chi connectivity index (χ3v) is 4.57. The first-order valence-electron chi connectivity index (χ1n) is 6.27. The van der Waals surface area contributed by atoms with Crippen LogP contribution in [-0.4, -0.2) is 15.0 Å². The summed E-state index contributed by atoms with van der Waals surface area (Å²) in [5.74, 6) is -0.0355. The van der Waals surface area contributed by atoms with Gasteiger partial charge in [-0.05, 0) is 11.1 Å². The van der Waals surface area contributed by atoms with Crippen LogP contribution in [0.4, 0.5) is 0 Å². The van der Waals surface area contributed by atoms with Crippen LogP contribution >= 0.6 is 11.6 Å². The molecule has 1 unspecified atom stereocenters. The first-order valence-corrected chi connectivity index (χ1v) is 8.36. The van der Waals surface area contributed by atoms with Gasteiger partial charge in [0.05, 0.1) is 11.1 Å². The van der Waals surface area contributed by atoms with Gasteiger partial charge in [-0.25, -0.2) is 13.1 Å². The topological polar surface area (TPSA) is 46.2 Å². The molecule has 0 saturated carbocycles. The van der Waals surface area contributed by atoms with E-state index >= 15 is 0 Å². The largest absolute Gasteiger partial charge is 0.215 e. The molecular weight excluding hydrogens is 294 g/mol. The van der Waals surface area contributed by atoms with Crippen molar-refractivity contribution < 1.29 is 8.42 Å². The zero-order chi connectivity index (χ0) is 14.4. The SMILES string of the molecule is O=S(=O)(Cc1ccccc1)NCC(Cl)c1ccccc1. The van der Waals surface area contributed by atoms with Crippen molar-refractivity contribution in [1.29, 1.82) is 0 Å². The van der Waals surface area contributed by atoms with Crippen LogP contribution in [0.15, 0.2) is 60.7 Å². The van der Waals surface area contributed by atoms with Gasteiger partial charge >= 0.3 is 0 Å². The summed E-state index contributed by atoms with van der Waals surface area (Å²) in [5.41, 5.74) is 1.66. The summed E-state index contributed by atoms with van der Waals surface area (Å²) in [6, 6.07) is 18.5. The minimum atomic E-state index is -3.37. The second-order valence-corrected chi connectivity index (χ2v) is 6.81. The molecule has 20 heavy (non-hydrogen) atoms. The van der Waals surface area contributed by atoms with Crippen molar-refractivity contribution in [3.63, 3.8) is 0 Å². The number of hydrogen-bond acceptors (Lipinski definition) is 2. The van der Waals surface area contributed by atoms with E-state index in [2.05, 4.69) is 4.72 Å². The predicted octanol–water partition coefficient (Wildman–Crippen LogP) is 3.09. The van der Waals surface area contributed by atoms with Gasteiger partial charge in [-0.2, -0.15) is 0 Å². The number of alkyl halides is 1. The molecule has 0 spiro atoms. The highest BCUT2D eigenvalue weighted by Crippen LogP contribution is 2.19. The zero-order valence-corrected chi connectivity index (χ0v) is 12.4. The lowest BCUT2D eigenvalue weighted by atomic mass is 10.1. The molecule has 1 N–H and O–H groups in total. The number of nitrogens with one attached hydrogen (secondary N) is 1. The highest BCUT2D eigenvalue weighted by Gasteiger charge is 2.14. The normalized spacial score (nSPS) is 13.1. The number of halogens is 1. The minimum Gasteiger partial charge on any atom is -0.213 e. The number of rotatable bonds is 6. The molecule has 0 aliphatic carbocycles. The van der Waals surface area contributed by atoms with Gasteiger partial charge in [0.2, 0.25) is 10.0 Å². The summed E-state index contributed by atoms with van der Waals surface area (Å²) >= 11 is 6.19. The van der Waals surface area contributed by atoms with Crippen molar-refractivity contribution in [2.75, 3.05) is 6.54 Å². The Bertz CT molecular complexity index is 629. The lowest BCUT2D eigenvalue weighted by Gasteiger charge is -2.11. The van der Waals surface area contributed by atoms with Gasteiger partial charge in [0, 0.05) is 6.54 Å². The van der Waals surface area contributed by atoms with Crippen LogP contribution in [0.25, 0.3) is 0 Å². The molecule has 0 heterocycles. The molecular formula is C15H16ClNO2S. The molecule has 106 valence electrons. The molecule has 0 aliphatic heterocycles. The standard InChI is InChI=1S/C15H16ClNO2S/c16-15(14-9-5-2-6-10-14)11-17-20(18,19)12-13-7-3-1-4-8-13/h1-10,15,17H,11-12H2. The molecule has 0 saturated heterocycles. The average molecular weight is 310 g/mol. The van der Waals surface area contributed by atoms with E-state index in [1.54, 1.807) is 12.1 Å². The Morgan fingerprint density at radius 3 is 2.10 bits per heavy atom. The molecule has 0 amide bonds. The minimum absolute atomic E-state index is 0.0355. The Kier molecular flexibility index (Phi) is 5.17. The zero-order valence-electron chi connectivity index (χ0n) is 10.9. The van der Waals surface area contributed by atoms with Gasteiger partial charge in [0.1, 0.15) is 0 Å². The first kappa shape index (κ1) is 15.0. The summed E-state index contributed by atoms with van der Waals surface area (Å²) in [6.45, 7) is 0.181. The highest BCUT2D eigenvalue weighted by atomic mass is 35.5. The summed E-state index contributed by atoms with van der Waals surface area (Å²) in [6.07, 6.45) is 0. The van der Waals surface area contributed by atoms with Crippen LogP contribution < -0.4 is 4.72 Å². The molecule has 0 fully saturated rings. The van der Waals surface area contributed by atoms with E-state index in [1.165, 1.54) is 0 Å². The van der Waals surface area contributed by atoms with E-state index in [4.69, 9.17) is 11.6 Å². The quantitative estimate of drug-likeness (QED) is 0.834. The van der Waals surface area contributed by atoms with Crippen LogP contribution in [0.1, 0.15) is 16.5 Å². The molecule has 0 radical (unpaired) electrons. The Morgan fingerprint density at radius 2 is 1.50 bits per heavy atom. The van der Waals surface area contributed by atoms with Gasteiger partial charge in [-0.1, -0.05) is 60.7 Å². The Labute approximate surface area is 124 Å². The summed E-state index contributed by atoms with van der Waals surface area (Å²) in [7, 11) is -3.37. The maximum atomic E-state index is 12.0. The second kappa shape index (κ2) is 6.88. The maximum Gasteiger partial charge on any atom is 0.215 e. The molecule has 2 aromatic rings. The molecule has 2 aromatic carbocycles. The maximum absolute atomic E-state index is 12.0. The fraction of sp³-hybridized carbons (Fsp3) is 0.200. The first-order chi connectivity index (χ1) is 9.57. The Morgan fingerprint density at radius 1 is 0.950 bits per heavy atom. The van der Waals surface area contributed by atoms with Gasteiger partial charge in [-0.15, -0.1) is 11.6 Å². The van der Waals surface area contributed by atoms with Crippen LogP contribution in [0.2, 0.25) is 0 Å². The highest BCUT2D eigenvalue weighted by molar-refractivity contribution is 7.88. The van der Waals surface area contributed by atoms with Crippen LogP contribution in [0.5, 0.6) is 0 Å². The molecule has 0 bridgehead atoms. The van der Waals surface area contributed by atoms with E-state index in [9.17, 15) is 8.42 Å². The third kappa shape index (κ3) is 4.63. The fourth-order valence-corrected chi connectivity index (χ4v) is 3.29. The number of sulfonamides is 1.